The number of halogens is 3. The summed E-state index contributed by atoms with van der Waals surface area (Å²) in [4.78, 5) is 11.6. The first-order valence-corrected chi connectivity index (χ1v) is 7.64. The number of hydrogen-bond donors (Lipinski definition) is 0. The Morgan fingerprint density at radius 3 is 2.52 bits per heavy atom. The van der Waals surface area contributed by atoms with E-state index < -0.39 is 5.97 Å². The number of carbonyl (C=O) groups excluding carboxylic acids is 1. The molecule has 0 unspecified atom stereocenters. The molecule has 0 aliphatic carbocycles. The fraction of sp³-hybridized carbons (Fsp3) is 0.0625. The molecule has 2 aromatic carbocycles. The highest BCUT2D eigenvalue weighted by molar-refractivity contribution is 9.10. The molecule has 0 aliphatic heterocycles. The third-order valence-electron chi connectivity index (χ3n) is 2.67. The Bertz CT molecular complexity index is 666. The largest absolute Gasteiger partial charge is 0.458 e. The molecule has 0 atom stereocenters. The third kappa shape index (κ3) is 5.20. The summed E-state index contributed by atoms with van der Waals surface area (Å²) in [6, 6.07) is 12.6. The van der Waals surface area contributed by atoms with E-state index in [0.717, 1.165) is 10.0 Å². The predicted molar refractivity (Wildman–Crippen MR) is 89.4 cm³/mol. The normalized spacial score (nSPS) is 10.8. The van der Waals surface area contributed by atoms with Crippen molar-refractivity contribution in [1.82, 2.24) is 0 Å². The van der Waals surface area contributed by atoms with Crippen LogP contribution in [-0.2, 0) is 16.1 Å². The van der Waals surface area contributed by atoms with E-state index in [-0.39, 0.29) is 6.61 Å². The van der Waals surface area contributed by atoms with Gasteiger partial charge in [-0.3, -0.25) is 0 Å². The lowest BCUT2D eigenvalue weighted by molar-refractivity contribution is -0.138. The highest BCUT2D eigenvalue weighted by Crippen LogP contribution is 2.21. The van der Waals surface area contributed by atoms with Crippen molar-refractivity contribution in [2.45, 2.75) is 6.61 Å². The van der Waals surface area contributed by atoms with Crippen molar-refractivity contribution in [3.05, 3.63) is 74.2 Å². The molecule has 0 amide bonds. The molecular formula is C16H11BrCl2O2. The van der Waals surface area contributed by atoms with Crippen LogP contribution >= 0.6 is 39.1 Å². The Morgan fingerprint density at radius 2 is 1.86 bits per heavy atom. The Hall–Kier alpha value is -1.29. The zero-order valence-corrected chi connectivity index (χ0v) is 14.0. The minimum absolute atomic E-state index is 0.111. The fourth-order valence-corrected chi connectivity index (χ4v) is 2.30. The van der Waals surface area contributed by atoms with E-state index in [9.17, 15) is 4.79 Å². The number of hydrogen-bond acceptors (Lipinski definition) is 2. The Morgan fingerprint density at radius 1 is 1.14 bits per heavy atom. The van der Waals surface area contributed by atoms with Gasteiger partial charge in [-0.1, -0.05) is 57.3 Å². The van der Waals surface area contributed by atoms with Crippen LogP contribution in [0.5, 0.6) is 0 Å². The molecular weight excluding hydrogens is 375 g/mol. The summed E-state index contributed by atoms with van der Waals surface area (Å²) >= 11 is 15.2. The lowest BCUT2D eigenvalue weighted by atomic mass is 10.2. The van der Waals surface area contributed by atoms with Gasteiger partial charge in [0.25, 0.3) is 0 Å². The molecule has 0 bridgehead atoms. The van der Waals surface area contributed by atoms with Crippen molar-refractivity contribution in [3.8, 4) is 0 Å². The van der Waals surface area contributed by atoms with Gasteiger partial charge in [0.2, 0.25) is 0 Å². The second-order valence-electron chi connectivity index (χ2n) is 4.23. The van der Waals surface area contributed by atoms with Crippen LogP contribution in [0.3, 0.4) is 0 Å². The Balaban J connectivity index is 1.91. The first-order valence-electron chi connectivity index (χ1n) is 6.09. The summed E-state index contributed by atoms with van der Waals surface area (Å²) in [6.07, 6.45) is 3.07. The summed E-state index contributed by atoms with van der Waals surface area (Å²) in [6.45, 7) is 0.111. The van der Waals surface area contributed by atoms with Crippen LogP contribution in [0.25, 0.3) is 6.08 Å². The van der Waals surface area contributed by atoms with E-state index in [1.807, 2.05) is 24.3 Å². The first-order chi connectivity index (χ1) is 10.0. The zero-order valence-electron chi connectivity index (χ0n) is 10.9. The van der Waals surface area contributed by atoms with Crippen LogP contribution in [0.1, 0.15) is 11.1 Å². The van der Waals surface area contributed by atoms with Crippen LogP contribution in [0.4, 0.5) is 0 Å². The van der Waals surface area contributed by atoms with Crippen LogP contribution in [0.2, 0.25) is 10.0 Å². The van der Waals surface area contributed by atoms with Gasteiger partial charge in [-0.25, -0.2) is 4.79 Å². The quantitative estimate of drug-likeness (QED) is 0.512. The van der Waals surface area contributed by atoms with Crippen molar-refractivity contribution in [3.63, 3.8) is 0 Å². The van der Waals surface area contributed by atoms with Crippen molar-refractivity contribution >= 4 is 51.2 Å². The Labute approximate surface area is 141 Å². The molecule has 2 rings (SSSR count). The summed E-state index contributed by atoms with van der Waals surface area (Å²) in [7, 11) is 0. The molecule has 0 fully saturated rings. The zero-order chi connectivity index (χ0) is 15.2. The van der Waals surface area contributed by atoms with E-state index >= 15 is 0 Å². The van der Waals surface area contributed by atoms with Crippen molar-refractivity contribution in [2.24, 2.45) is 0 Å². The fourth-order valence-electron chi connectivity index (χ4n) is 1.57. The summed E-state index contributed by atoms with van der Waals surface area (Å²) in [5.41, 5.74) is 1.63. The second-order valence-corrected chi connectivity index (χ2v) is 5.99. The predicted octanol–water partition coefficient (Wildman–Crippen LogP) is 5.51. The lowest BCUT2D eigenvalue weighted by Crippen LogP contribution is -2.01. The van der Waals surface area contributed by atoms with Gasteiger partial charge in [0.15, 0.2) is 0 Å². The molecule has 0 radical (unpaired) electrons. The molecule has 0 N–H and O–H groups in total. The van der Waals surface area contributed by atoms with Gasteiger partial charge < -0.3 is 4.74 Å². The number of benzene rings is 2. The van der Waals surface area contributed by atoms with Gasteiger partial charge in [0.1, 0.15) is 6.61 Å². The first kappa shape index (κ1) is 16.1. The van der Waals surface area contributed by atoms with Crippen molar-refractivity contribution in [1.29, 1.82) is 0 Å². The number of rotatable bonds is 4. The molecule has 108 valence electrons. The molecule has 2 aromatic rings. The van der Waals surface area contributed by atoms with Gasteiger partial charge in [-0.2, -0.15) is 0 Å². The van der Waals surface area contributed by atoms with Gasteiger partial charge in [-0.05, 0) is 35.9 Å². The molecule has 2 nitrogen and oxygen atoms in total. The maximum Gasteiger partial charge on any atom is 0.331 e. The Kier molecular flexibility index (Phi) is 5.85. The van der Waals surface area contributed by atoms with E-state index in [0.29, 0.717) is 15.6 Å². The third-order valence-corrected chi connectivity index (χ3v) is 3.78. The molecule has 0 aromatic heterocycles. The van der Waals surface area contributed by atoms with Gasteiger partial charge >= 0.3 is 5.97 Å². The topological polar surface area (TPSA) is 26.3 Å². The molecule has 0 aliphatic rings. The summed E-state index contributed by atoms with van der Waals surface area (Å²) in [5.74, 6) is -0.427. The average molecular weight is 386 g/mol. The highest BCUT2D eigenvalue weighted by Gasteiger charge is 2.04. The van der Waals surface area contributed by atoms with Gasteiger partial charge in [-0.15, -0.1) is 0 Å². The maximum absolute atomic E-state index is 11.6. The minimum Gasteiger partial charge on any atom is -0.458 e. The average Bonchev–Trinajstić information content (AvgIpc) is 2.46. The van der Waals surface area contributed by atoms with Crippen LogP contribution < -0.4 is 0 Å². The standard InChI is InChI=1S/C16H11BrCl2O2/c17-13-5-1-11(2-6-13)3-8-16(20)21-10-12-4-7-14(18)9-15(12)19/h1-9H,10H2/b8-3+. The van der Waals surface area contributed by atoms with E-state index in [4.69, 9.17) is 27.9 Å². The number of ether oxygens (including phenoxy) is 1. The van der Waals surface area contributed by atoms with Gasteiger partial charge in [0.05, 0.1) is 0 Å². The second kappa shape index (κ2) is 7.64. The number of esters is 1. The maximum atomic E-state index is 11.6. The van der Waals surface area contributed by atoms with E-state index in [2.05, 4.69) is 15.9 Å². The summed E-state index contributed by atoms with van der Waals surface area (Å²) < 4.78 is 6.12. The lowest BCUT2D eigenvalue weighted by Gasteiger charge is -2.05. The van der Waals surface area contributed by atoms with Crippen LogP contribution in [-0.4, -0.2) is 5.97 Å². The molecule has 0 saturated heterocycles. The SMILES string of the molecule is O=C(/C=C/c1ccc(Br)cc1)OCc1ccc(Cl)cc1Cl. The number of carbonyl (C=O) groups is 1. The highest BCUT2D eigenvalue weighted by atomic mass is 79.9. The smallest absolute Gasteiger partial charge is 0.331 e. The van der Waals surface area contributed by atoms with E-state index in [1.165, 1.54) is 6.08 Å². The van der Waals surface area contributed by atoms with Gasteiger partial charge in [0, 0.05) is 26.2 Å². The monoisotopic (exact) mass is 384 g/mol. The molecule has 0 heterocycles. The molecule has 0 saturated carbocycles. The van der Waals surface area contributed by atoms with Crippen molar-refractivity contribution in [2.75, 3.05) is 0 Å². The minimum atomic E-state index is -0.427. The summed E-state index contributed by atoms with van der Waals surface area (Å²) in [5, 5.41) is 1.03. The van der Waals surface area contributed by atoms with Crippen LogP contribution in [0, 0.1) is 0 Å². The molecule has 0 spiro atoms. The van der Waals surface area contributed by atoms with E-state index in [1.54, 1.807) is 24.3 Å². The molecule has 21 heavy (non-hydrogen) atoms. The van der Waals surface area contributed by atoms with Crippen LogP contribution in [0.15, 0.2) is 53.0 Å². The molecule has 5 heteroatoms. The van der Waals surface area contributed by atoms with Crippen molar-refractivity contribution < 1.29 is 9.53 Å².